The molecule has 0 radical (unpaired) electrons. The van der Waals surface area contributed by atoms with Gasteiger partial charge < -0.3 is 15.2 Å². The van der Waals surface area contributed by atoms with E-state index in [1.54, 1.807) is 7.11 Å². The van der Waals surface area contributed by atoms with Crippen LogP contribution in [-0.2, 0) is 0 Å². The van der Waals surface area contributed by atoms with Crippen molar-refractivity contribution in [3.05, 3.63) is 23.2 Å². The Bertz CT molecular complexity index is 317. The van der Waals surface area contributed by atoms with Crippen LogP contribution in [0.15, 0.2) is 18.2 Å². The predicted octanol–water partition coefficient (Wildman–Crippen LogP) is 2.39. The highest BCUT2D eigenvalue weighted by Gasteiger charge is 2.03. The van der Waals surface area contributed by atoms with E-state index in [4.69, 9.17) is 21.4 Å². The molecule has 0 amide bonds. The minimum absolute atomic E-state index is 0.177. The van der Waals surface area contributed by atoms with Crippen LogP contribution >= 0.6 is 11.6 Å². The van der Waals surface area contributed by atoms with Gasteiger partial charge in [-0.1, -0.05) is 18.5 Å². The van der Waals surface area contributed by atoms with Gasteiger partial charge in [-0.05, 0) is 24.1 Å². The van der Waals surface area contributed by atoms with E-state index in [0.717, 1.165) is 12.2 Å². The molecule has 1 unspecified atom stereocenters. The molecule has 1 aromatic rings. The number of hydrogen-bond acceptors (Lipinski definition) is 3. The van der Waals surface area contributed by atoms with Gasteiger partial charge in [-0.15, -0.1) is 0 Å². The number of ether oxygens (including phenoxy) is 1. The van der Waals surface area contributed by atoms with Gasteiger partial charge in [0, 0.05) is 18.8 Å². The van der Waals surface area contributed by atoms with Gasteiger partial charge >= 0.3 is 0 Å². The van der Waals surface area contributed by atoms with Gasteiger partial charge in [0.2, 0.25) is 0 Å². The van der Waals surface area contributed by atoms with Gasteiger partial charge in [0.05, 0.1) is 12.1 Å². The van der Waals surface area contributed by atoms with Gasteiger partial charge in [-0.25, -0.2) is 0 Å². The Balaban J connectivity index is 2.59. The monoisotopic (exact) mass is 229 g/mol. The molecule has 15 heavy (non-hydrogen) atoms. The maximum Gasteiger partial charge on any atom is 0.137 e. The Kier molecular flexibility index (Phi) is 4.72. The van der Waals surface area contributed by atoms with E-state index >= 15 is 0 Å². The first-order chi connectivity index (χ1) is 7.17. The first-order valence-electron chi connectivity index (χ1n) is 4.85. The SMILES string of the molecule is COc1ccc(NCC(C)CO)cc1Cl. The number of anilines is 1. The van der Waals surface area contributed by atoms with Crippen LogP contribution < -0.4 is 10.1 Å². The van der Waals surface area contributed by atoms with Crippen LogP contribution in [0.5, 0.6) is 5.75 Å². The second-order valence-electron chi connectivity index (χ2n) is 3.52. The third-order valence-electron chi connectivity index (χ3n) is 2.12. The van der Waals surface area contributed by atoms with Crippen molar-refractivity contribution in [1.82, 2.24) is 0 Å². The summed E-state index contributed by atoms with van der Waals surface area (Å²) < 4.78 is 5.05. The molecule has 3 nitrogen and oxygen atoms in total. The smallest absolute Gasteiger partial charge is 0.137 e. The summed E-state index contributed by atoms with van der Waals surface area (Å²) in [5.74, 6) is 0.892. The number of methoxy groups -OCH3 is 1. The molecule has 1 rings (SSSR count). The fourth-order valence-corrected chi connectivity index (χ4v) is 1.39. The summed E-state index contributed by atoms with van der Waals surface area (Å²) in [6, 6.07) is 5.52. The van der Waals surface area contributed by atoms with Crippen molar-refractivity contribution in [2.24, 2.45) is 5.92 Å². The van der Waals surface area contributed by atoms with Crippen molar-refractivity contribution in [3.8, 4) is 5.75 Å². The van der Waals surface area contributed by atoms with Crippen LogP contribution in [0.3, 0.4) is 0 Å². The highest BCUT2D eigenvalue weighted by Crippen LogP contribution is 2.27. The van der Waals surface area contributed by atoms with Crippen LogP contribution in [0.4, 0.5) is 5.69 Å². The van der Waals surface area contributed by atoms with Crippen molar-refractivity contribution < 1.29 is 9.84 Å². The molecule has 84 valence electrons. The highest BCUT2D eigenvalue weighted by molar-refractivity contribution is 6.32. The number of hydrogen-bond donors (Lipinski definition) is 2. The largest absolute Gasteiger partial charge is 0.495 e. The lowest BCUT2D eigenvalue weighted by Crippen LogP contribution is -2.14. The molecule has 1 aromatic carbocycles. The number of halogens is 1. The summed E-state index contributed by atoms with van der Waals surface area (Å²) in [5.41, 5.74) is 0.932. The molecule has 0 saturated heterocycles. The summed E-state index contributed by atoms with van der Waals surface area (Å²) in [7, 11) is 1.59. The van der Waals surface area contributed by atoms with Gasteiger partial charge in [-0.2, -0.15) is 0 Å². The number of benzene rings is 1. The molecule has 0 aliphatic rings. The van der Waals surface area contributed by atoms with Crippen LogP contribution in [0.2, 0.25) is 5.02 Å². The molecule has 1 atom stereocenters. The molecule has 0 aliphatic heterocycles. The molecule has 0 aliphatic carbocycles. The summed E-state index contributed by atoms with van der Waals surface area (Å²) >= 11 is 5.96. The average Bonchev–Trinajstić information content (AvgIpc) is 2.26. The Morgan fingerprint density at radius 1 is 1.53 bits per heavy atom. The first-order valence-corrected chi connectivity index (χ1v) is 5.23. The van der Waals surface area contributed by atoms with Crippen molar-refractivity contribution in [2.75, 3.05) is 25.6 Å². The maximum atomic E-state index is 8.86. The lowest BCUT2D eigenvalue weighted by molar-refractivity contribution is 0.244. The third-order valence-corrected chi connectivity index (χ3v) is 2.41. The van der Waals surface area contributed by atoms with Crippen molar-refractivity contribution in [1.29, 1.82) is 0 Å². The highest BCUT2D eigenvalue weighted by atomic mass is 35.5. The predicted molar refractivity (Wildman–Crippen MR) is 62.7 cm³/mol. The van der Waals surface area contributed by atoms with Crippen molar-refractivity contribution >= 4 is 17.3 Å². The standard InChI is InChI=1S/C11H16ClNO2/c1-8(7-14)6-13-9-3-4-11(15-2)10(12)5-9/h3-5,8,13-14H,6-7H2,1-2H3. The summed E-state index contributed by atoms with van der Waals surface area (Å²) in [5, 5.41) is 12.6. The van der Waals surface area contributed by atoms with E-state index in [1.165, 1.54) is 0 Å². The summed E-state index contributed by atoms with van der Waals surface area (Å²) in [6.45, 7) is 2.87. The van der Waals surface area contributed by atoms with Crippen LogP contribution in [0, 0.1) is 5.92 Å². The van der Waals surface area contributed by atoms with Crippen LogP contribution in [0.25, 0.3) is 0 Å². The molecule has 0 fully saturated rings. The van der Waals surface area contributed by atoms with E-state index in [-0.39, 0.29) is 12.5 Å². The van der Waals surface area contributed by atoms with Gasteiger partial charge in [0.25, 0.3) is 0 Å². The zero-order chi connectivity index (χ0) is 11.3. The average molecular weight is 230 g/mol. The van der Waals surface area contributed by atoms with Crippen molar-refractivity contribution in [3.63, 3.8) is 0 Å². The van der Waals surface area contributed by atoms with E-state index in [2.05, 4.69) is 5.32 Å². The maximum absolute atomic E-state index is 8.86. The minimum Gasteiger partial charge on any atom is -0.495 e. The molecule has 4 heteroatoms. The van der Waals surface area contributed by atoms with Crippen molar-refractivity contribution in [2.45, 2.75) is 6.92 Å². The number of aliphatic hydroxyl groups excluding tert-OH is 1. The van der Waals surface area contributed by atoms with Gasteiger partial charge in [0.1, 0.15) is 5.75 Å². The normalized spacial score (nSPS) is 12.3. The molecule has 0 spiro atoms. The minimum atomic E-state index is 0.177. The number of nitrogens with one attached hydrogen (secondary N) is 1. The quantitative estimate of drug-likeness (QED) is 0.815. The molecule has 0 saturated carbocycles. The topological polar surface area (TPSA) is 41.5 Å². The number of rotatable bonds is 5. The number of aliphatic hydroxyl groups is 1. The fourth-order valence-electron chi connectivity index (χ4n) is 1.13. The molecular weight excluding hydrogens is 214 g/mol. The lowest BCUT2D eigenvalue weighted by atomic mass is 10.2. The first kappa shape index (κ1) is 12.1. The molecular formula is C11H16ClNO2. The molecule has 2 N–H and O–H groups in total. The summed E-state index contributed by atoms with van der Waals surface area (Å²) in [4.78, 5) is 0. The fraction of sp³-hybridized carbons (Fsp3) is 0.455. The zero-order valence-corrected chi connectivity index (χ0v) is 9.71. The van der Waals surface area contributed by atoms with E-state index in [9.17, 15) is 0 Å². The van der Waals surface area contributed by atoms with Gasteiger partial charge in [-0.3, -0.25) is 0 Å². The second-order valence-corrected chi connectivity index (χ2v) is 3.93. The van der Waals surface area contributed by atoms with Gasteiger partial charge in [0.15, 0.2) is 0 Å². The zero-order valence-electron chi connectivity index (χ0n) is 8.96. The van der Waals surface area contributed by atoms with Crippen LogP contribution in [0.1, 0.15) is 6.92 Å². The summed E-state index contributed by atoms with van der Waals surface area (Å²) in [6.07, 6.45) is 0. The Morgan fingerprint density at radius 3 is 2.80 bits per heavy atom. The Morgan fingerprint density at radius 2 is 2.27 bits per heavy atom. The van der Waals surface area contributed by atoms with Crippen LogP contribution in [-0.4, -0.2) is 25.4 Å². The van der Waals surface area contributed by atoms with E-state index < -0.39 is 0 Å². The molecule has 0 aromatic heterocycles. The van der Waals surface area contributed by atoms with E-state index in [0.29, 0.717) is 10.8 Å². The molecule has 0 bridgehead atoms. The second kappa shape index (κ2) is 5.83. The lowest BCUT2D eigenvalue weighted by Gasteiger charge is -2.12. The Hall–Kier alpha value is -0.930. The Labute approximate surface area is 95.0 Å². The molecule has 0 heterocycles. The van der Waals surface area contributed by atoms with E-state index in [1.807, 2.05) is 25.1 Å². The third kappa shape index (κ3) is 3.61.